The molecule has 0 unspecified atom stereocenters. The van der Waals surface area contributed by atoms with Gasteiger partial charge in [-0.3, -0.25) is 4.79 Å². The first-order chi connectivity index (χ1) is 11.7. The summed E-state index contributed by atoms with van der Waals surface area (Å²) >= 11 is 1.56. The second-order valence-electron chi connectivity index (χ2n) is 4.79. The number of aromatic nitrogens is 3. The molecule has 9 heteroatoms. The van der Waals surface area contributed by atoms with Crippen molar-refractivity contribution in [3.8, 4) is 0 Å². The van der Waals surface area contributed by atoms with Crippen molar-refractivity contribution in [3.05, 3.63) is 46.2 Å². The van der Waals surface area contributed by atoms with Crippen LogP contribution in [0.4, 0.5) is 0 Å². The Morgan fingerprint density at radius 2 is 2.21 bits per heavy atom. The molecule has 1 N–H and O–H groups in total. The number of carbonyl (C=O) groups is 2. The van der Waals surface area contributed by atoms with Crippen LogP contribution in [0.15, 0.2) is 35.7 Å². The van der Waals surface area contributed by atoms with Gasteiger partial charge in [-0.1, -0.05) is 10.9 Å². The minimum Gasteiger partial charge on any atom is -0.465 e. The molecule has 0 atom stereocenters. The van der Waals surface area contributed by atoms with Crippen LogP contribution in [0.5, 0.6) is 0 Å². The maximum atomic E-state index is 11.8. The monoisotopic (exact) mass is 346 g/mol. The van der Waals surface area contributed by atoms with Crippen LogP contribution in [0.3, 0.4) is 0 Å². The summed E-state index contributed by atoms with van der Waals surface area (Å²) in [4.78, 5) is 30.9. The Bertz CT molecular complexity index is 860. The Kier molecular flexibility index (Phi) is 4.71. The summed E-state index contributed by atoms with van der Waals surface area (Å²) in [5.41, 5.74) is 1.37. The van der Waals surface area contributed by atoms with E-state index in [1.807, 2.05) is 17.5 Å². The van der Waals surface area contributed by atoms with Crippen molar-refractivity contribution in [1.82, 2.24) is 20.5 Å². The zero-order chi connectivity index (χ0) is 16.9. The molecule has 2 aromatic heterocycles. The second-order valence-corrected chi connectivity index (χ2v) is 5.82. The van der Waals surface area contributed by atoms with Crippen LogP contribution in [-0.2, 0) is 16.1 Å². The summed E-state index contributed by atoms with van der Waals surface area (Å²) in [6.07, 6.45) is 0. The molecule has 0 saturated heterocycles. The van der Waals surface area contributed by atoms with E-state index >= 15 is 0 Å². The predicted octanol–water partition coefficient (Wildman–Crippen LogP) is 1.02. The Balaban J connectivity index is 1.64. The average molecular weight is 346 g/mol. The first-order valence-electron chi connectivity index (χ1n) is 7.03. The largest absolute Gasteiger partial charge is 0.465 e. The Hall–Kier alpha value is -2.94. The van der Waals surface area contributed by atoms with Gasteiger partial charge in [0.1, 0.15) is 11.0 Å². The number of ether oxygens (including phenoxy) is 1. The molecule has 24 heavy (non-hydrogen) atoms. The Morgan fingerprint density at radius 3 is 2.96 bits per heavy atom. The van der Waals surface area contributed by atoms with E-state index in [9.17, 15) is 9.59 Å². The van der Waals surface area contributed by atoms with Crippen molar-refractivity contribution >= 4 is 34.2 Å². The highest BCUT2D eigenvalue weighted by Crippen LogP contribution is 2.13. The lowest BCUT2D eigenvalue weighted by Gasteiger charge is -2.06. The SMILES string of the molecule is COC(=O)c1ccc2nnn(OCC(=O)NCc3cccs3)c2c1. The van der Waals surface area contributed by atoms with Crippen molar-refractivity contribution in [2.75, 3.05) is 13.7 Å². The Labute approximate surface area is 140 Å². The molecule has 0 radical (unpaired) electrons. The quantitative estimate of drug-likeness (QED) is 0.670. The maximum absolute atomic E-state index is 11.8. The first kappa shape index (κ1) is 15.9. The van der Waals surface area contributed by atoms with Crippen molar-refractivity contribution in [2.24, 2.45) is 0 Å². The van der Waals surface area contributed by atoms with Gasteiger partial charge in [0.15, 0.2) is 6.61 Å². The van der Waals surface area contributed by atoms with Gasteiger partial charge in [0.2, 0.25) is 0 Å². The molecule has 0 fully saturated rings. The van der Waals surface area contributed by atoms with E-state index < -0.39 is 5.97 Å². The highest BCUT2D eigenvalue weighted by Gasteiger charge is 2.12. The lowest BCUT2D eigenvalue weighted by atomic mass is 10.2. The molecular formula is C15H14N4O4S. The first-order valence-corrected chi connectivity index (χ1v) is 7.91. The number of hydrogen-bond acceptors (Lipinski definition) is 7. The van der Waals surface area contributed by atoms with Crippen molar-refractivity contribution in [3.63, 3.8) is 0 Å². The molecule has 0 saturated carbocycles. The third-order valence-electron chi connectivity index (χ3n) is 3.19. The van der Waals surface area contributed by atoms with Gasteiger partial charge >= 0.3 is 5.97 Å². The third kappa shape index (κ3) is 3.51. The van der Waals surface area contributed by atoms with Crippen LogP contribution < -0.4 is 10.2 Å². The normalized spacial score (nSPS) is 10.5. The molecule has 124 valence electrons. The molecule has 1 amide bonds. The summed E-state index contributed by atoms with van der Waals surface area (Å²) in [5.74, 6) is -0.755. The zero-order valence-corrected chi connectivity index (χ0v) is 13.6. The van der Waals surface area contributed by atoms with Crippen LogP contribution in [0, 0.1) is 0 Å². The van der Waals surface area contributed by atoms with Gasteiger partial charge in [-0.25, -0.2) is 4.79 Å². The number of thiophene rings is 1. The molecule has 2 heterocycles. The van der Waals surface area contributed by atoms with Crippen molar-refractivity contribution in [1.29, 1.82) is 0 Å². The highest BCUT2D eigenvalue weighted by molar-refractivity contribution is 7.09. The number of nitrogens with zero attached hydrogens (tertiary/aromatic N) is 3. The van der Waals surface area contributed by atoms with Gasteiger partial charge in [0, 0.05) is 4.88 Å². The predicted molar refractivity (Wildman–Crippen MR) is 86.5 cm³/mol. The number of benzene rings is 1. The number of nitrogens with one attached hydrogen (secondary N) is 1. The van der Waals surface area contributed by atoms with E-state index in [0.717, 1.165) is 9.72 Å². The van der Waals surface area contributed by atoms with Gasteiger partial charge in [-0.05, 0) is 34.9 Å². The molecule has 1 aromatic carbocycles. The fourth-order valence-corrected chi connectivity index (χ4v) is 2.65. The summed E-state index contributed by atoms with van der Waals surface area (Å²) in [6.45, 7) is 0.233. The summed E-state index contributed by atoms with van der Waals surface area (Å²) in [5, 5.41) is 12.4. The minimum atomic E-state index is -0.474. The lowest BCUT2D eigenvalue weighted by molar-refractivity contribution is -0.126. The molecule has 0 spiro atoms. The van der Waals surface area contributed by atoms with Crippen LogP contribution in [-0.4, -0.2) is 40.8 Å². The fourth-order valence-electron chi connectivity index (χ4n) is 2.01. The maximum Gasteiger partial charge on any atom is 0.337 e. The molecule has 3 aromatic rings. The number of rotatable bonds is 6. The van der Waals surface area contributed by atoms with Gasteiger partial charge in [0.25, 0.3) is 5.91 Å². The van der Waals surface area contributed by atoms with Crippen LogP contribution >= 0.6 is 11.3 Å². The molecule has 3 rings (SSSR count). The van der Waals surface area contributed by atoms with Gasteiger partial charge in [-0.15, -0.1) is 16.4 Å². The number of esters is 1. The number of fused-ring (bicyclic) bond motifs is 1. The smallest absolute Gasteiger partial charge is 0.337 e. The topological polar surface area (TPSA) is 95.3 Å². The molecular weight excluding hydrogens is 332 g/mol. The van der Waals surface area contributed by atoms with E-state index in [1.165, 1.54) is 7.11 Å². The van der Waals surface area contributed by atoms with Gasteiger partial charge in [0.05, 0.1) is 19.2 Å². The summed E-state index contributed by atoms with van der Waals surface area (Å²) < 4.78 is 4.67. The number of methoxy groups -OCH3 is 1. The van der Waals surface area contributed by atoms with Crippen molar-refractivity contribution in [2.45, 2.75) is 6.54 Å². The van der Waals surface area contributed by atoms with E-state index in [4.69, 9.17) is 4.84 Å². The van der Waals surface area contributed by atoms with E-state index in [1.54, 1.807) is 29.5 Å². The molecule has 0 aliphatic rings. The standard InChI is InChI=1S/C15H14N4O4S/c1-22-15(21)10-4-5-12-13(7-10)19(18-17-12)23-9-14(20)16-8-11-3-2-6-24-11/h2-7H,8-9H2,1H3,(H,16,20). The molecule has 0 aliphatic carbocycles. The highest BCUT2D eigenvalue weighted by atomic mass is 32.1. The summed E-state index contributed by atoms with van der Waals surface area (Å²) in [7, 11) is 1.30. The van der Waals surface area contributed by atoms with Gasteiger partial charge < -0.3 is 14.9 Å². The summed E-state index contributed by atoms with van der Waals surface area (Å²) in [6, 6.07) is 8.62. The van der Waals surface area contributed by atoms with Crippen LogP contribution in [0.2, 0.25) is 0 Å². The van der Waals surface area contributed by atoms with Crippen LogP contribution in [0.25, 0.3) is 11.0 Å². The lowest BCUT2D eigenvalue weighted by Crippen LogP contribution is -2.31. The van der Waals surface area contributed by atoms with Crippen molar-refractivity contribution < 1.29 is 19.2 Å². The second kappa shape index (κ2) is 7.09. The fraction of sp³-hybridized carbons (Fsp3) is 0.200. The third-order valence-corrected chi connectivity index (χ3v) is 4.07. The van der Waals surface area contributed by atoms with E-state index in [-0.39, 0.29) is 12.5 Å². The number of amides is 1. The zero-order valence-electron chi connectivity index (χ0n) is 12.8. The molecule has 8 nitrogen and oxygen atoms in total. The Morgan fingerprint density at radius 1 is 1.33 bits per heavy atom. The van der Waals surface area contributed by atoms with Gasteiger partial charge in [-0.2, -0.15) is 0 Å². The number of carbonyl (C=O) groups excluding carboxylic acids is 2. The number of hydrogen-bond donors (Lipinski definition) is 1. The van der Waals surface area contributed by atoms with E-state index in [2.05, 4.69) is 20.4 Å². The molecule has 0 aliphatic heterocycles. The molecule has 0 bridgehead atoms. The van der Waals surface area contributed by atoms with E-state index in [0.29, 0.717) is 23.1 Å². The average Bonchev–Trinajstić information content (AvgIpc) is 3.26. The minimum absolute atomic E-state index is 0.216. The van der Waals surface area contributed by atoms with Crippen LogP contribution in [0.1, 0.15) is 15.2 Å².